The zero-order valence-electron chi connectivity index (χ0n) is 17.8. The number of rotatable bonds is 5. The lowest BCUT2D eigenvalue weighted by atomic mass is 10.1. The van der Waals surface area contributed by atoms with E-state index in [1.807, 2.05) is 36.4 Å². The molecular weight excluding hydrogens is 446 g/mol. The van der Waals surface area contributed by atoms with Gasteiger partial charge in [-0.3, -0.25) is 9.13 Å². The van der Waals surface area contributed by atoms with Crippen LogP contribution in [0.2, 0.25) is 0 Å². The van der Waals surface area contributed by atoms with Gasteiger partial charge in [-0.1, -0.05) is 25.3 Å². The molecule has 0 amide bonds. The molecule has 0 spiro atoms. The van der Waals surface area contributed by atoms with Gasteiger partial charge in [0.05, 0.1) is 17.0 Å². The first-order valence-corrected chi connectivity index (χ1v) is 10.8. The van der Waals surface area contributed by atoms with Gasteiger partial charge < -0.3 is 4.42 Å². The van der Waals surface area contributed by atoms with Gasteiger partial charge >= 0.3 is 0 Å². The number of imidazole rings is 2. The van der Waals surface area contributed by atoms with E-state index < -0.39 is 0 Å². The van der Waals surface area contributed by atoms with Crippen LogP contribution in [-0.2, 0) is 0 Å². The maximum Gasteiger partial charge on any atom is 0.240 e. The van der Waals surface area contributed by atoms with Crippen molar-refractivity contribution in [3.05, 3.63) is 86.0 Å². The number of hydrogen-bond acceptors (Lipinski definition) is 7. The van der Waals surface area contributed by atoms with E-state index in [-0.39, 0.29) is 0 Å². The minimum atomic E-state index is 0.403. The molecule has 0 N–H and O–H groups in total. The second-order valence-electron chi connectivity index (χ2n) is 7.54. The molecule has 34 heavy (non-hydrogen) atoms. The fourth-order valence-electron chi connectivity index (χ4n) is 3.77. The van der Waals surface area contributed by atoms with E-state index in [1.54, 1.807) is 46.3 Å². The Morgan fingerprint density at radius 1 is 0.824 bits per heavy atom. The third kappa shape index (κ3) is 3.30. The number of para-hydroxylation sites is 1. The molecular formula is C25H17N7OS. The Morgan fingerprint density at radius 2 is 1.50 bits per heavy atom. The molecule has 6 aromatic rings. The molecule has 6 rings (SSSR count). The first-order chi connectivity index (χ1) is 16.6. The number of fused-ring (bicyclic) bond motifs is 3. The van der Waals surface area contributed by atoms with Gasteiger partial charge in [-0.05, 0) is 36.4 Å². The molecule has 0 saturated carbocycles. The molecule has 0 radical (unpaired) electrons. The molecule has 164 valence electrons. The highest BCUT2D eigenvalue weighted by atomic mass is 32.1. The van der Waals surface area contributed by atoms with Crippen LogP contribution in [0.4, 0.5) is 0 Å². The summed E-state index contributed by atoms with van der Waals surface area (Å²) in [4.78, 5) is 23.6. The van der Waals surface area contributed by atoms with Crippen LogP contribution in [0, 0.1) is 0 Å². The number of aromatic nitrogens is 7. The largest absolute Gasteiger partial charge is 0.455 e. The lowest BCUT2D eigenvalue weighted by Gasteiger charge is -2.08. The van der Waals surface area contributed by atoms with Gasteiger partial charge in [-0.25, -0.2) is 9.97 Å². The summed E-state index contributed by atoms with van der Waals surface area (Å²) in [7, 11) is 0. The third-order valence-corrected chi connectivity index (χ3v) is 5.70. The Balaban J connectivity index is 1.61. The third-order valence-electron chi connectivity index (χ3n) is 5.42. The van der Waals surface area contributed by atoms with E-state index in [4.69, 9.17) is 14.4 Å². The van der Waals surface area contributed by atoms with Crippen LogP contribution in [0.15, 0.2) is 83.9 Å². The van der Waals surface area contributed by atoms with Crippen molar-refractivity contribution in [3.8, 4) is 23.3 Å². The number of benzene rings is 2. The van der Waals surface area contributed by atoms with E-state index in [0.29, 0.717) is 34.7 Å². The smallest absolute Gasteiger partial charge is 0.240 e. The summed E-state index contributed by atoms with van der Waals surface area (Å²) in [5, 5.41) is 1.94. The minimum Gasteiger partial charge on any atom is -0.455 e. The highest BCUT2D eigenvalue weighted by molar-refractivity contribution is 7.80. The van der Waals surface area contributed by atoms with Crippen LogP contribution in [0.1, 0.15) is 11.4 Å². The van der Waals surface area contributed by atoms with E-state index in [0.717, 1.165) is 26.8 Å². The van der Waals surface area contributed by atoms with Crippen LogP contribution in [-0.4, -0.2) is 34.1 Å². The molecule has 8 nitrogen and oxygen atoms in total. The molecule has 2 aromatic carbocycles. The summed E-state index contributed by atoms with van der Waals surface area (Å²) in [6.07, 6.45) is 10.2. The minimum absolute atomic E-state index is 0.403. The van der Waals surface area contributed by atoms with Gasteiger partial charge in [0.1, 0.15) is 23.8 Å². The normalized spacial score (nSPS) is 11.3. The topological polar surface area (TPSA) is 87.5 Å². The molecule has 0 aliphatic rings. The zero-order chi connectivity index (χ0) is 23.2. The van der Waals surface area contributed by atoms with Crippen LogP contribution < -0.4 is 0 Å². The second-order valence-corrected chi connectivity index (χ2v) is 8.06. The molecule has 0 saturated heterocycles. The van der Waals surface area contributed by atoms with E-state index in [9.17, 15) is 0 Å². The van der Waals surface area contributed by atoms with E-state index in [1.165, 1.54) is 0 Å². The Morgan fingerprint density at radius 3 is 2.12 bits per heavy atom. The zero-order valence-corrected chi connectivity index (χ0v) is 18.7. The molecule has 0 aliphatic heterocycles. The van der Waals surface area contributed by atoms with Crippen molar-refractivity contribution in [2.75, 3.05) is 0 Å². The molecule has 0 aliphatic carbocycles. The second kappa shape index (κ2) is 7.82. The summed E-state index contributed by atoms with van der Waals surface area (Å²) < 4.78 is 9.68. The molecule has 0 bridgehead atoms. The Bertz CT molecular complexity index is 1660. The van der Waals surface area contributed by atoms with Crippen molar-refractivity contribution in [2.45, 2.75) is 4.90 Å². The molecule has 4 aromatic heterocycles. The fourth-order valence-corrected chi connectivity index (χ4v) is 3.98. The van der Waals surface area contributed by atoms with Gasteiger partial charge in [0.25, 0.3) is 0 Å². The van der Waals surface area contributed by atoms with Crippen molar-refractivity contribution in [3.63, 3.8) is 0 Å². The SMILES string of the molecule is C=Cc1cn(-c2nc(-c3cccc4c3oc3ccc(S)cc34)nc(-n3cnc(C=C)c3)n2)cn1. The average molecular weight is 464 g/mol. The summed E-state index contributed by atoms with van der Waals surface area (Å²) in [5.41, 5.74) is 3.62. The first-order valence-electron chi connectivity index (χ1n) is 10.4. The maximum absolute atomic E-state index is 6.23. The standard InChI is InChI=1S/C25H17N7OS/c1-3-15-11-31(13-26-15)24-28-23(29-25(30-24)32-12-16(4-2)27-14-32)19-7-5-6-18-20-10-17(34)8-9-21(20)33-22(18)19/h3-14,34H,1-2H2. The first kappa shape index (κ1) is 20.1. The van der Waals surface area contributed by atoms with Gasteiger partial charge in [0, 0.05) is 28.1 Å². The van der Waals surface area contributed by atoms with Crippen LogP contribution >= 0.6 is 12.6 Å². The summed E-state index contributed by atoms with van der Waals surface area (Å²) >= 11 is 4.48. The highest BCUT2D eigenvalue weighted by Crippen LogP contribution is 2.35. The predicted molar refractivity (Wildman–Crippen MR) is 134 cm³/mol. The Labute approximate surface area is 199 Å². The van der Waals surface area contributed by atoms with E-state index in [2.05, 4.69) is 40.7 Å². The molecule has 0 fully saturated rings. The molecule has 0 unspecified atom stereocenters. The van der Waals surface area contributed by atoms with Gasteiger partial charge in [0.15, 0.2) is 5.82 Å². The van der Waals surface area contributed by atoms with Crippen molar-refractivity contribution >= 4 is 46.7 Å². The fraction of sp³-hybridized carbons (Fsp3) is 0. The van der Waals surface area contributed by atoms with Crippen LogP contribution in [0.25, 0.3) is 57.4 Å². The van der Waals surface area contributed by atoms with E-state index >= 15 is 0 Å². The number of hydrogen-bond donors (Lipinski definition) is 1. The molecule has 0 atom stereocenters. The molecule has 9 heteroatoms. The van der Waals surface area contributed by atoms with Gasteiger partial charge in [0.2, 0.25) is 11.9 Å². The monoisotopic (exact) mass is 463 g/mol. The van der Waals surface area contributed by atoms with Gasteiger partial charge in [-0.2, -0.15) is 15.0 Å². The number of thiol groups is 1. The maximum atomic E-state index is 6.23. The summed E-state index contributed by atoms with van der Waals surface area (Å²) in [5.74, 6) is 1.26. The lowest BCUT2D eigenvalue weighted by Crippen LogP contribution is -2.08. The number of nitrogens with zero attached hydrogens (tertiary/aromatic N) is 7. The van der Waals surface area contributed by atoms with Crippen LogP contribution in [0.3, 0.4) is 0 Å². The predicted octanol–water partition coefficient (Wildman–Crippen LogP) is 5.38. The lowest BCUT2D eigenvalue weighted by molar-refractivity contribution is 0.669. The quantitative estimate of drug-likeness (QED) is 0.345. The Hall–Kier alpha value is -4.50. The number of furan rings is 1. The van der Waals surface area contributed by atoms with Crippen molar-refractivity contribution in [1.29, 1.82) is 0 Å². The van der Waals surface area contributed by atoms with Crippen LogP contribution in [0.5, 0.6) is 0 Å². The summed E-state index contributed by atoms with van der Waals surface area (Å²) in [6.45, 7) is 7.55. The average Bonchev–Trinajstić information content (AvgIpc) is 3.61. The molecule has 4 heterocycles. The van der Waals surface area contributed by atoms with Crippen molar-refractivity contribution < 1.29 is 4.42 Å². The summed E-state index contributed by atoms with van der Waals surface area (Å²) in [6, 6.07) is 11.7. The van der Waals surface area contributed by atoms with Gasteiger partial charge in [-0.15, -0.1) is 12.6 Å². The van der Waals surface area contributed by atoms with Crippen molar-refractivity contribution in [2.24, 2.45) is 0 Å². The highest BCUT2D eigenvalue weighted by Gasteiger charge is 2.18. The van der Waals surface area contributed by atoms with Crippen molar-refractivity contribution in [1.82, 2.24) is 34.1 Å². The Kier molecular flexibility index (Phi) is 4.63.